The van der Waals surface area contributed by atoms with Crippen molar-refractivity contribution in [2.24, 2.45) is 0 Å². The van der Waals surface area contributed by atoms with E-state index in [1.54, 1.807) is 29.6 Å². The molecule has 0 bridgehead atoms. The predicted octanol–water partition coefficient (Wildman–Crippen LogP) is 2.74. The van der Waals surface area contributed by atoms with E-state index in [0.717, 1.165) is 17.7 Å². The van der Waals surface area contributed by atoms with Crippen LogP contribution in [0.3, 0.4) is 0 Å². The molecule has 1 atom stereocenters. The Kier molecular flexibility index (Phi) is 8.14. The van der Waals surface area contributed by atoms with Gasteiger partial charge in [-0.2, -0.15) is 0 Å². The van der Waals surface area contributed by atoms with Crippen LogP contribution >= 0.6 is 27.3 Å². The summed E-state index contributed by atoms with van der Waals surface area (Å²) in [5, 5.41) is 5.31. The lowest BCUT2D eigenvalue weighted by molar-refractivity contribution is -0.147. The first-order valence-corrected chi connectivity index (χ1v) is 12.3. The summed E-state index contributed by atoms with van der Waals surface area (Å²) in [5.74, 6) is -1.44. The van der Waals surface area contributed by atoms with E-state index in [-0.39, 0.29) is 18.8 Å². The molecule has 1 unspecified atom stereocenters. The number of halogens is 1. The lowest BCUT2D eigenvalue weighted by atomic mass is 10.1. The second-order valence-corrected chi connectivity index (χ2v) is 10.2. The van der Waals surface area contributed by atoms with E-state index in [1.165, 1.54) is 11.3 Å². The fraction of sp³-hybridized carbons (Fsp3) is 0.389. The molecule has 2 aromatic rings. The minimum Gasteiger partial charge on any atom is -0.458 e. The molecule has 0 saturated carbocycles. The van der Waals surface area contributed by atoms with Gasteiger partial charge in [0.2, 0.25) is 0 Å². The molecule has 1 aromatic carbocycles. The van der Waals surface area contributed by atoms with Crippen molar-refractivity contribution in [3.63, 3.8) is 0 Å². The van der Waals surface area contributed by atoms with Crippen LogP contribution in [0.4, 0.5) is 0 Å². The van der Waals surface area contributed by atoms with Crippen molar-refractivity contribution in [1.82, 2.24) is 10.3 Å². The number of aryl methyl sites for hydroxylation is 1. The summed E-state index contributed by atoms with van der Waals surface area (Å²) in [6, 6.07) is 5.66. The zero-order chi connectivity index (χ0) is 20.7. The molecule has 1 amide bonds. The number of carbonyl (C=O) groups excluding carboxylic acids is 2. The number of aromatic nitrogens is 1. The third-order valence-electron chi connectivity index (χ3n) is 3.75. The minimum atomic E-state index is -3.31. The molecule has 2 rings (SSSR count). The molecule has 0 radical (unpaired) electrons. The molecule has 1 N–H and O–H groups in total. The molecule has 0 saturated heterocycles. The second kappa shape index (κ2) is 10.1. The van der Waals surface area contributed by atoms with Crippen molar-refractivity contribution in [1.29, 1.82) is 0 Å². The van der Waals surface area contributed by atoms with Gasteiger partial charge in [-0.05, 0) is 40.9 Å². The predicted molar refractivity (Wildman–Crippen MR) is 111 cm³/mol. The molecule has 0 aliphatic heterocycles. The van der Waals surface area contributed by atoms with E-state index >= 15 is 0 Å². The molecule has 28 heavy (non-hydrogen) atoms. The fourth-order valence-corrected chi connectivity index (χ4v) is 4.14. The summed E-state index contributed by atoms with van der Waals surface area (Å²) in [5.41, 5.74) is 0.959. The average Bonchev–Trinajstić information content (AvgIpc) is 3.10. The van der Waals surface area contributed by atoms with Gasteiger partial charge in [0.25, 0.3) is 5.91 Å². The van der Waals surface area contributed by atoms with E-state index < -0.39 is 27.8 Å². The minimum absolute atomic E-state index is 0.0321. The summed E-state index contributed by atoms with van der Waals surface area (Å²) in [4.78, 5) is 29.3. The van der Waals surface area contributed by atoms with Gasteiger partial charge in [-0.1, -0.05) is 19.1 Å². The molecule has 0 aliphatic carbocycles. The Morgan fingerprint density at radius 1 is 1.32 bits per heavy atom. The van der Waals surface area contributed by atoms with Gasteiger partial charge >= 0.3 is 5.97 Å². The lowest BCUT2D eigenvalue weighted by Crippen LogP contribution is -2.43. The van der Waals surface area contributed by atoms with Gasteiger partial charge in [0, 0.05) is 16.1 Å². The Labute approximate surface area is 176 Å². The van der Waals surface area contributed by atoms with Crippen LogP contribution in [0, 0.1) is 0 Å². The summed E-state index contributed by atoms with van der Waals surface area (Å²) in [6.45, 7) is 1.95. The van der Waals surface area contributed by atoms with E-state index in [4.69, 9.17) is 4.74 Å². The van der Waals surface area contributed by atoms with Crippen LogP contribution in [0.2, 0.25) is 0 Å². The highest BCUT2D eigenvalue weighted by Gasteiger charge is 2.25. The highest BCUT2D eigenvalue weighted by Crippen LogP contribution is 2.16. The van der Waals surface area contributed by atoms with Crippen LogP contribution in [-0.4, -0.2) is 43.3 Å². The third-order valence-corrected chi connectivity index (χ3v) is 6.46. The number of benzene rings is 1. The fourth-order valence-electron chi connectivity index (χ4n) is 2.29. The number of thiazole rings is 1. The molecular formula is C18H21BrN2O5S2. The summed E-state index contributed by atoms with van der Waals surface area (Å²) in [6.07, 6.45) is 1.79. The third kappa shape index (κ3) is 6.99. The molecule has 0 aliphatic rings. The van der Waals surface area contributed by atoms with Crippen LogP contribution in [0.15, 0.2) is 34.1 Å². The molecular weight excluding hydrogens is 468 g/mol. The topological polar surface area (TPSA) is 102 Å². The average molecular weight is 489 g/mol. The molecule has 0 fully saturated rings. The molecule has 10 heteroatoms. The summed E-state index contributed by atoms with van der Waals surface area (Å²) in [7, 11) is -3.31. The van der Waals surface area contributed by atoms with Crippen LogP contribution in [-0.2, 0) is 32.4 Å². The smallest absolute Gasteiger partial charge is 0.329 e. The zero-order valence-electron chi connectivity index (χ0n) is 15.5. The number of nitrogens with one attached hydrogen (secondary N) is 1. The second-order valence-electron chi connectivity index (χ2n) is 6.12. The van der Waals surface area contributed by atoms with Gasteiger partial charge in [-0.25, -0.2) is 18.2 Å². The van der Waals surface area contributed by atoms with Crippen LogP contribution in [0.25, 0.3) is 0 Å². The van der Waals surface area contributed by atoms with Gasteiger partial charge in [0.1, 0.15) is 22.5 Å². The van der Waals surface area contributed by atoms with Crippen molar-refractivity contribution in [3.8, 4) is 0 Å². The van der Waals surface area contributed by atoms with Crippen LogP contribution < -0.4 is 5.32 Å². The molecule has 0 spiro atoms. The largest absolute Gasteiger partial charge is 0.458 e. The lowest BCUT2D eigenvalue weighted by Gasteiger charge is -2.17. The molecule has 152 valence electrons. The molecule has 1 heterocycles. The van der Waals surface area contributed by atoms with Crippen LogP contribution in [0.1, 0.15) is 34.4 Å². The Morgan fingerprint density at radius 3 is 2.64 bits per heavy atom. The maximum absolute atomic E-state index is 12.5. The number of ether oxygens (including phenoxy) is 1. The SMILES string of the molecule is CCc1nc(COC(=O)C(CCS(C)(=O)=O)NC(=O)c2ccccc2Br)cs1. The number of hydrogen-bond donors (Lipinski definition) is 1. The number of sulfone groups is 1. The number of hydrogen-bond acceptors (Lipinski definition) is 7. The number of rotatable bonds is 9. The highest BCUT2D eigenvalue weighted by molar-refractivity contribution is 9.10. The van der Waals surface area contributed by atoms with Gasteiger partial charge in [-0.3, -0.25) is 4.79 Å². The first-order valence-electron chi connectivity index (χ1n) is 8.52. The van der Waals surface area contributed by atoms with Crippen molar-refractivity contribution in [3.05, 3.63) is 50.4 Å². The highest BCUT2D eigenvalue weighted by atomic mass is 79.9. The van der Waals surface area contributed by atoms with E-state index in [1.807, 2.05) is 6.92 Å². The Balaban J connectivity index is 2.07. The van der Waals surface area contributed by atoms with E-state index in [0.29, 0.717) is 15.7 Å². The summed E-state index contributed by atoms with van der Waals surface area (Å²) < 4.78 is 28.8. The van der Waals surface area contributed by atoms with Crippen molar-refractivity contribution in [2.75, 3.05) is 12.0 Å². The number of carbonyl (C=O) groups is 2. The van der Waals surface area contributed by atoms with E-state index in [2.05, 4.69) is 26.2 Å². The Bertz CT molecular complexity index is 943. The van der Waals surface area contributed by atoms with Crippen molar-refractivity contribution < 1.29 is 22.7 Å². The monoisotopic (exact) mass is 488 g/mol. The van der Waals surface area contributed by atoms with Crippen molar-refractivity contribution in [2.45, 2.75) is 32.4 Å². The maximum Gasteiger partial charge on any atom is 0.329 e. The maximum atomic E-state index is 12.5. The van der Waals surface area contributed by atoms with Gasteiger partial charge in [0.15, 0.2) is 0 Å². The Morgan fingerprint density at radius 2 is 2.04 bits per heavy atom. The quantitative estimate of drug-likeness (QED) is 0.544. The standard InChI is InChI=1S/C18H21BrN2O5S2/c1-3-16-20-12(11-27-16)10-26-18(23)15(8-9-28(2,24)25)21-17(22)13-6-4-5-7-14(13)19/h4-7,11,15H,3,8-10H2,1-2H3,(H,21,22). The molecule has 1 aromatic heterocycles. The number of nitrogens with zero attached hydrogens (tertiary/aromatic N) is 1. The number of amides is 1. The van der Waals surface area contributed by atoms with Gasteiger partial charge in [-0.15, -0.1) is 11.3 Å². The van der Waals surface area contributed by atoms with Gasteiger partial charge in [0.05, 0.1) is 22.0 Å². The normalized spacial score (nSPS) is 12.4. The first-order chi connectivity index (χ1) is 13.2. The van der Waals surface area contributed by atoms with Crippen molar-refractivity contribution >= 4 is 49.0 Å². The zero-order valence-corrected chi connectivity index (χ0v) is 18.7. The van der Waals surface area contributed by atoms with E-state index in [9.17, 15) is 18.0 Å². The van der Waals surface area contributed by atoms with Crippen LogP contribution in [0.5, 0.6) is 0 Å². The van der Waals surface area contributed by atoms with Gasteiger partial charge < -0.3 is 10.1 Å². The Hall–Kier alpha value is -1.78. The first kappa shape index (κ1) is 22.5. The molecule has 7 nitrogen and oxygen atoms in total. The summed E-state index contributed by atoms with van der Waals surface area (Å²) >= 11 is 4.76. The number of esters is 1.